The number of fused-ring (bicyclic) bond motifs is 1. The first-order chi connectivity index (χ1) is 16.6. The summed E-state index contributed by atoms with van der Waals surface area (Å²) >= 11 is 0. The fraction of sp³-hybridized carbons (Fsp3) is 0.429. The molecule has 2 heterocycles. The maximum Gasteiger partial charge on any atom is 0.254 e. The lowest BCUT2D eigenvalue weighted by molar-refractivity contribution is 0.0698. The van der Waals surface area contributed by atoms with Gasteiger partial charge in [-0.25, -0.2) is 4.98 Å². The maximum absolute atomic E-state index is 13.6. The number of methoxy groups -OCH3 is 1. The monoisotopic (exact) mass is 458 g/mol. The van der Waals surface area contributed by atoms with Crippen LogP contribution in [0.1, 0.15) is 42.5 Å². The second-order valence-electron chi connectivity index (χ2n) is 9.43. The molecule has 0 atom stereocenters. The van der Waals surface area contributed by atoms with Gasteiger partial charge in [-0.15, -0.1) is 0 Å². The van der Waals surface area contributed by atoms with Crippen LogP contribution < -0.4 is 14.5 Å². The van der Waals surface area contributed by atoms with Crippen LogP contribution in [0.4, 0.5) is 11.5 Å². The van der Waals surface area contributed by atoms with Crippen LogP contribution in [-0.2, 0) is 0 Å². The van der Waals surface area contributed by atoms with Crippen molar-refractivity contribution in [1.29, 1.82) is 0 Å². The molecule has 5 rings (SSSR count). The minimum Gasteiger partial charge on any atom is -0.497 e. The Hall–Kier alpha value is -3.28. The lowest BCUT2D eigenvalue weighted by Gasteiger charge is -2.37. The highest BCUT2D eigenvalue weighted by molar-refractivity contribution is 6.07. The van der Waals surface area contributed by atoms with Crippen molar-refractivity contribution in [3.8, 4) is 5.75 Å². The number of rotatable bonds is 5. The molecule has 1 saturated carbocycles. The topological polar surface area (TPSA) is 48.9 Å². The molecular formula is C28H34N4O2. The van der Waals surface area contributed by atoms with Gasteiger partial charge >= 0.3 is 0 Å². The molecule has 3 aromatic rings. The molecule has 2 aromatic carbocycles. The molecule has 0 bridgehead atoms. The normalized spacial score (nSPS) is 17.1. The molecule has 1 aliphatic heterocycles. The highest BCUT2D eigenvalue weighted by atomic mass is 16.5. The van der Waals surface area contributed by atoms with Crippen LogP contribution in [0, 0.1) is 0 Å². The highest BCUT2D eigenvalue weighted by Crippen LogP contribution is 2.29. The number of piperazine rings is 1. The van der Waals surface area contributed by atoms with Crippen molar-refractivity contribution >= 4 is 28.3 Å². The number of hydrogen-bond acceptors (Lipinski definition) is 5. The minimum absolute atomic E-state index is 0.114. The molecule has 2 fully saturated rings. The summed E-state index contributed by atoms with van der Waals surface area (Å²) in [6, 6.07) is 18.6. The summed E-state index contributed by atoms with van der Waals surface area (Å²) in [5, 5.41) is 0.941. The number of nitrogens with zero attached hydrogens (tertiary/aromatic N) is 4. The molecule has 6 nitrogen and oxygen atoms in total. The number of anilines is 2. The van der Waals surface area contributed by atoms with Crippen molar-refractivity contribution < 1.29 is 9.53 Å². The van der Waals surface area contributed by atoms with Gasteiger partial charge in [0, 0.05) is 50.3 Å². The van der Waals surface area contributed by atoms with Gasteiger partial charge < -0.3 is 19.4 Å². The first-order valence-electron chi connectivity index (χ1n) is 12.4. The zero-order valence-electron chi connectivity index (χ0n) is 20.2. The third-order valence-electron chi connectivity index (χ3n) is 7.42. The van der Waals surface area contributed by atoms with Crippen molar-refractivity contribution in [2.45, 2.75) is 38.1 Å². The largest absolute Gasteiger partial charge is 0.497 e. The molecule has 0 unspecified atom stereocenters. The molecule has 34 heavy (non-hydrogen) atoms. The molecule has 0 N–H and O–H groups in total. The standard InChI is InChI=1S/C28H34N4O2/c1-30(21-8-4-3-5-9-21)28(33)25-20-27(29-26-11-7-6-10-24(25)26)32-18-16-31(17-19-32)22-12-14-23(34-2)15-13-22/h6-7,10-15,20-21H,3-5,8-9,16-19H2,1-2H3. The summed E-state index contributed by atoms with van der Waals surface area (Å²) in [6.45, 7) is 3.55. The molecule has 0 radical (unpaired) electrons. The zero-order valence-corrected chi connectivity index (χ0v) is 20.2. The van der Waals surface area contributed by atoms with Crippen LogP contribution in [-0.4, -0.2) is 62.2 Å². The molecule has 2 aliphatic rings. The number of para-hydroxylation sites is 1. The van der Waals surface area contributed by atoms with Crippen LogP contribution in [0.5, 0.6) is 5.75 Å². The van der Waals surface area contributed by atoms with Crippen LogP contribution in [0.15, 0.2) is 54.6 Å². The van der Waals surface area contributed by atoms with Crippen molar-refractivity contribution in [3.05, 3.63) is 60.2 Å². The Bertz CT molecular complexity index is 1130. The van der Waals surface area contributed by atoms with E-state index in [2.05, 4.69) is 21.9 Å². The number of carbonyl (C=O) groups excluding carboxylic acids is 1. The lowest BCUT2D eigenvalue weighted by Crippen LogP contribution is -2.47. The van der Waals surface area contributed by atoms with Crippen LogP contribution in [0.25, 0.3) is 10.9 Å². The van der Waals surface area contributed by atoms with E-state index in [0.29, 0.717) is 6.04 Å². The third kappa shape index (κ3) is 4.54. The number of ether oxygens (including phenoxy) is 1. The van der Waals surface area contributed by atoms with Crippen LogP contribution >= 0.6 is 0 Å². The first kappa shape index (κ1) is 22.5. The van der Waals surface area contributed by atoms with E-state index in [1.807, 2.05) is 54.4 Å². The van der Waals surface area contributed by atoms with E-state index in [4.69, 9.17) is 9.72 Å². The minimum atomic E-state index is 0.114. The summed E-state index contributed by atoms with van der Waals surface area (Å²) in [5.74, 6) is 1.88. The lowest BCUT2D eigenvalue weighted by atomic mass is 9.94. The predicted octanol–water partition coefficient (Wildman–Crippen LogP) is 4.97. The van der Waals surface area contributed by atoms with Gasteiger partial charge in [-0.1, -0.05) is 37.5 Å². The van der Waals surface area contributed by atoms with Gasteiger partial charge in [0.2, 0.25) is 0 Å². The Kier molecular flexibility index (Phi) is 6.57. The number of benzene rings is 2. The number of pyridine rings is 1. The maximum atomic E-state index is 13.6. The number of aromatic nitrogens is 1. The first-order valence-corrected chi connectivity index (χ1v) is 12.4. The van der Waals surface area contributed by atoms with E-state index in [1.165, 1.54) is 24.9 Å². The fourth-order valence-electron chi connectivity index (χ4n) is 5.31. The van der Waals surface area contributed by atoms with E-state index >= 15 is 0 Å². The smallest absolute Gasteiger partial charge is 0.254 e. The summed E-state index contributed by atoms with van der Waals surface area (Å²) in [4.78, 5) is 25.3. The second-order valence-corrected chi connectivity index (χ2v) is 9.43. The van der Waals surface area contributed by atoms with Crippen molar-refractivity contribution in [2.24, 2.45) is 0 Å². The molecule has 1 amide bonds. The summed E-state index contributed by atoms with van der Waals surface area (Å²) < 4.78 is 5.29. The highest BCUT2D eigenvalue weighted by Gasteiger charge is 2.26. The van der Waals surface area contributed by atoms with E-state index in [-0.39, 0.29) is 5.91 Å². The number of carbonyl (C=O) groups is 1. The van der Waals surface area contributed by atoms with Gasteiger partial charge in [0.25, 0.3) is 5.91 Å². The molecule has 1 saturated heterocycles. The van der Waals surface area contributed by atoms with Gasteiger partial charge in [0.15, 0.2) is 0 Å². The van der Waals surface area contributed by atoms with Crippen molar-refractivity contribution in [2.75, 3.05) is 50.1 Å². The second kappa shape index (κ2) is 9.92. The van der Waals surface area contributed by atoms with Crippen molar-refractivity contribution in [3.63, 3.8) is 0 Å². The Labute approximate surface area is 202 Å². The van der Waals surface area contributed by atoms with Gasteiger partial charge in [0.1, 0.15) is 11.6 Å². The molecule has 1 aliphatic carbocycles. The number of hydrogen-bond donors (Lipinski definition) is 0. The molecule has 6 heteroatoms. The van der Waals surface area contributed by atoms with Gasteiger partial charge in [-0.3, -0.25) is 4.79 Å². The summed E-state index contributed by atoms with van der Waals surface area (Å²) in [5.41, 5.74) is 2.86. The van der Waals surface area contributed by atoms with Crippen LogP contribution in [0.3, 0.4) is 0 Å². The van der Waals surface area contributed by atoms with E-state index in [9.17, 15) is 4.79 Å². The van der Waals surface area contributed by atoms with E-state index in [0.717, 1.165) is 67.1 Å². The summed E-state index contributed by atoms with van der Waals surface area (Å²) in [6.07, 6.45) is 5.91. The van der Waals surface area contributed by atoms with Gasteiger partial charge in [-0.05, 0) is 49.2 Å². The SMILES string of the molecule is COc1ccc(N2CCN(c3cc(C(=O)N(C)C4CCCCC4)c4ccccc4n3)CC2)cc1. The van der Waals surface area contributed by atoms with E-state index < -0.39 is 0 Å². The predicted molar refractivity (Wildman–Crippen MR) is 138 cm³/mol. The van der Waals surface area contributed by atoms with Crippen molar-refractivity contribution in [1.82, 2.24) is 9.88 Å². The van der Waals surface area contributed by atoms with Gasteiger partial charge in [-0.2, -0.15) is 0 Å². The third-order valence-corrected chi connectivity index (χ3v) is 7.42. The fourth-order valence-corrected chi connectivity index (χ4v) is 5.31. The Morgan fingerprint density at radius 2 is 1.62 bits per heavy atom. The number of amides is 1. The molecule has 1 aromatic heterocycles. The van der Waals surface area contributed by atoms with Gasteiger partial charge in [0.05, 0.1) is 18.2 Å². The average molecular weight is 459 g/mol. The van der Waals surface area contributed by atoms with E-state index in [1.54, 1.807) is 7.11 Å². The molecule has 0 spiro atoms. The molecule has 178 valence electrons. The Morgan fingerprint density at radius 3 is 2.32 bits per heavy atom. The average Bonchev–Trinajstić information content (AvgIpc) is 2.92. The van der Waals surface area contributed by atoms with Crippen LogP contribution in [0.2, 0.25) is 0 Å². The summed E-state index contributed by atoms with van der Waals surface area (Å²) in [7, 11) is 3.66. The Morgan fingerprint density at radius 1 is 0.941 bits per heavy atom. The Balaban J connectivity index is 1.37. The quantitative estimate of drug-likeness (QED) is 0.540. The zero-order chi connectivity index (χ0) is 23.5. The molecular weight excluding hydrogens is 424 g/mol.